The van der Waals surface area contributed by atoms with Gasteiger partial charge in [-0.1, -0.05) is 12.1 Å². The third-order valence-corrected chi connectivity index (χ3v) is 4.46. The summed E-state index contributed by atoms with van der Waals surface area (Å²) in [6.07, 6.45) is 1.75. The largest absolute Gasteiger partial charge is 0.392 e. The van der Waals surface area contributed by atoms with Crippen LogP contribution in [-0.4, -0.2) is 54.8 Å². The number of ether oxygens (including phenoxy) is 1. The molecule has 2 saturated heterocycles. The predicted octanol–water partition coefficient (Wildman–Crippen LogP) is 1.15. The van der Waals surface area contributed by atoms with Crippen molar-refractivity contribution in [3.63, 3.8) is 0 Å². The number of anilines is 1. The van der Waals surface area contributed by atoms with Gasteiger partial charge in [-0.05, 0) is 18.9 Å². The molecule has 2 aliphatic heterocycles. The molecule has 0 spiro atoms. The maximum atomic E-state index is 14.3. The van der Waals surface area contributed by atoms with Crippen molar-refractivity contribution in [3.8, 4) is 0 Å². The molecule has 1 aromatic rings. The molecule has 0 bridgehead atoms. The molecule has 2 heterocycles. The van der Waals surface area contributed by atoms with E-state index in [1.807, 2.05) is 4.90 Å². The fourth-order valence-electron chi connectivity index (χ4n) is 3.21. The molecule has 0 saturated carbocycles. The topological polar surface area (TPSA) is 53.0 Å². The summed E-state index contributed by atoms with van der Waals surface area (Å²) in [6.45, 7) is 2.46. The Morgan fingerprint density at radius 3 is 2.73 bits per heavy atom. The van der Waals surface area contributed by atoms with E-state index in [4.69, 9.17) is 9.84 Å². The molecule has 0 atom stereocenters. The lowest BCUT2D eigenvalue weighted by atomic mass is 10.1. The van der Waals surface area contributed by atoms with Crippen molar-refractivity contribution >= 4 is 11.6 Å². The van der Waals surface area contributed by atoms with Crippen LogP contribution in [0.1, 0.15) is 18.4 Å². The number of benzene rings is 1. The molecule has 0 unspecified atom stereocenters. The molecule has 0 aromatic heterocycles. The van der Waals surface area contributed by atoms with Crippen molar-refractivity contribution in [3.05, 3.63) is 29.6 Å². The summed E-state index contributed by atoms with van der Waals surface area (Å²) in [5.74, 6) is -0.399. The highest BCUT2D eigenvalue weighted by molar-refractivity contribution is 5.83. The normalized spacial score (nSPS) is 20.5. The molecule has 22 heavy (non-hydrogen) atoms. The van der Waals surface area contributed by atoms with Gasteiger partial charge >= 0.3 is 0 Å². The molecular weight excluding hydrogens is 287 g/mol. The molecule has 1 aromatic carbocycles. The van der Waals surface area contributed by atoms with Crippen molar-refractivity contribution in [1.29, 1.82) is 0 Å². The summed E-state index contributed by atoms with van der Waals surface area (Å²) in [7, 11) is 0. The van der Waals surface area contributed by atoms with E-state index >= 15 is 0 Å². The van der Waals surface area contributed by atoms with Crippen LogP contribution in [0.2, 0.25) is 0 Å². The summed E-state index contributed by atoms with van der Waals surface area (Å²) in [6, 6.07) is 5.17. The zero-order valence-electron chi connectivity index (χ0n) is 12.5. The Balaban J connectivity index is 1.71. The summed E-state index contributed by atoms with van der Waals surface area (Å²) >= 11 is 0. The highest BCUT2D eigenvalue weighted by Crippen LogP contribution is 2.25. The van der Waals surface area contributed by atoms with Crippen LogP contribution in [0.4, 0.5) is 10.1 Å². The zero-order chi connectivity index (χ0) is 15.5. The monoisotopic (exact) mass is 308 g/mol. The van der Waals surface area contributed by atoms with E-state index < -0.39 is 5.82 Å². The van der Waals surface area contributed by atoms with Crippen molar-refractivity contribution in [2.45, 2.75) is 25.5 Å². The summed E-state index contributed by atoms with van der Waals surface area (Å²) in [5, 5.41) is 9.16. The van der Waals surface area contributed by atoms with Crippen LogP contribution in [0, 0.1) is 5.82 Å². The number of aliphatic hydroxyl groups is 1. The fraction of sp³-hybridized carbons (Fsp3) is 0.562. The van der Waals surface area contributed by atoms with Crippen LogP contribution in [0.15, 0.2) is 18.2 Å². The van der Waals surface area contributed by atoms with Crippen LogP contribution in [0.25, 0.3) is 0 Å². The molecule has 2 aliphatic rings. The molecule has 1 amide bonds. The predicted molar refractivity (Wildman–Crippen MR) is 80.1 cm³/mol. The van der Waals surface area contributed by atoms with E-state index in [0.29, 0.717) is 32.0 Å². The standard InChI is InChI=1S/C16H21FN2O3/c17-16-12(11-20)2-1-3-14(16)18-6-7-19(15(21)10-18)13-4-8-22-9-5-13/h1-3,13,20H,4-11H2. The van der Waals surface area contributed by atoms with Gasteiger partial charge in [0.05, 0.1) is 18.8 Å². The first-order valence-corrected chi connectivity index (χ1v) is 7.71. The number of carbonyl (C=O) groups excluding carboxylic acids is 1. The molecule has 2 fully saturated rings. The maximum Gasteiger partial charge on any atom is 0.242 e. The van der Waals surface area contributed by atoms with Gasteiger partial charge in [-0.3, -0.25) is 4.79 Å². The van der Waals surface area contributed by atoms with Gasteiger partial charge < -0.3 is 19.6 Å². The van der Waals surface area contributed by atoms with Crippen LogP contribution in [0.3, 0.4) is 0 Å². The average Bonchev–Trinajstić information content (AvgIpc) is 2.56. The van der Waals surface area contributed by atoms with Gasteiger partial charge in [0.15, 0.2) is 5.82 Å². The van der Waals surface area contributed by atoms with Gasteiger partial charge in [-0.2, -0.15) is 0 Å². The Hall–Kier alpha value is -1.66. The first-order valence-electron chi connectivity index (χ1n) is 7.71. The number of amides is 1. The number of hydrogen-bond acceptors (Lipinski definition) is 4. The lowest BCUT2D eigenvalue weighted by Gasteiger charge is -2.41. The summed E-state index contributed by atoms with van der Waals surface area (Å²) in [4.78, 5) is 16.1. The third-order valence-electron chi connectivity index (χ3n) is 4.46. The lowest BCUT2D eigenvalue weighted by Crippen LogP contribution is -2.55. The number of carbonyl (C=O) groups is 1. The van der Waals surface area contributed by atoms with Gasteiger partial charge in [0.2, 0.25) is 5.91 Å². The Kier molecular flexibility index (Phi) is 4.59. The van der Waals surface area contributed by atoms with Gasteiger partial charge in [-0.15, -0.1) is 0 Å². The van der Waals surface area contributed by atoms with Crippen molar-refractivity contribution in [2.24, 2.45) is 0 Å². The number of piperazine rings is 1. The molecule has 5 nitrogen and oxygen atoms in total. The highest BCUT2D eigenvalue weighted by atomic mass is 19.1. The van der Waals surface area contributed by atoms with Crippen LogP contribution < -0.4 is 4.90 Å². The minimum Gasteiger partial charge on any atom is -0.392 e. The Morgan fingerprint density at radius 1 is 1.27 bits per heavy atom. The van der Waals surface area contributed by atoms with Gasteiger partial charge in [0.25, 0.3) is 0 Å². The molecule has 120 valence electrons. The van der Waals surface area contributed by atoms with E-state index in [1.54, 1.807) is 23.1 Å². The number of nitrogens with zero attached hydrogens (tertiary/aromatic N) is 2. The van der Waals surface area contributed by atoms with Crippen molar-refractivity contribution in [2.75, 3.05) is 37.7 Å². The van der Waals surface area contributed by atoms with E-state index in [-0.39, 0.29) is 30.7 Å². The minimum atomic E-state index is -0.433. The van der Waals surface area contributed by atoms with Crippen LogP contribution >= 0.6 is 0 Å². The fourth-order valence-corrected chi connectivity index (χ4v) is 3.21. The lowest BCUT2D eigenvalue weighted by molar-refractivity contribution is -0.135. The van der Waals surface area contributed by atoms with E-state index in [0.717, 1.165) is 12.8 Å². The van der Waals surface area contributed by atoms with E-state index in [1.165, 1.54) is 0 Å². The SMILES string of the molecule is O=C1CN(c2cccc(CO)c2F)CCN1C1CCOCC1. The minimum absolute atomic E-state index is 0.0342. The van der Waals surface area contributed by atoms with Gasteiger partial charge in [-0.25, -0.2) is 4.39 Å². The first kappa shape index (κ1) is 15.2. The molecule has 0 radical (unpaired) electrons. The second-order valence-corrected chi connectivity index (χ2v) is 5.76. The highest BCUT2D eigenvalue weighted by Gasteiger charge is 2.31. The van der Waals surface area contributed by atoms with Gasteiger partial charge in [0, 0.05) is 37.9 Å². The van der Waals surface area contributed by atoms with Crippen molar-refractivity contribution in [1.82, 2.24) is 4.90 Å². The Morgan fingerprint density at radius 2 is 2.05 bits per heavy atom. The molecule has 6 heteroatoms. The van der Waals surface area contributed by atoms with E-state index in [9.17, 15) is 9.18 Å². The average molecular weight is 308 g/mol. The molecular formula is C16H21FN2O3. The van der Waals surface area contributed by atoms with Crippen molar-refractivity contribution < 1.29 is 19.0 Å². The first-order chi connectivity index (χ1) is 10.7. The molecule has 1 N–H and O–H groups in total. The zero-order valence-corrected chi connectivity index (χ0v) is 12.5. The summed E-state index contributed by atoms with van der Waals surface area (Å²) in [5.41, 5.74) is 0.656. The Bertz CT molecular complexity index is 546. The summed E-state index contributed by atoms with van der Waals surface area (Å²) < 4.78 is 19.6. The second kappa shape index (κ2) is 6.62. The Labute approximate surface area is 129 Å². The number of hydrogen-bond donors (Lipinski definition) is 1. The number of rotatable bonds is 3. The number of aliphatic hydroxyl groups excluding tert-OH is 1. The third kappa shape index (κ3) is 2.94. The number of halogens is 1. The second-order valence-electron chi connectivity index (χ2n) is 5.76. The van der Waals surface area contributed by atoms with Gasteiger partial charge in [0.1, 0.15) is 0 Å². The van der Waals surface area contributed by atoms with E-state index in [2.05, 4.69) is 0 Å². The quantitative estimate of drug-likeness (QED) is 0.910. The van der Waals surface area contributed by atoms with Crippen LogP contribution in [-0.2, 0) is 16.1 Å². The van der Waals surface area contributed by atoms with Crippen LogP contribution in [0.5, 0.6) is 0 Å². The molecule has 0 aliphatic carbocycles. The molecule has 3 rings (SSSR count). The smallest absolute Gasteiger partial charge is 0.242 e. The maximum absolute atomic E-state index is 14.3.